The lowest BCUT2D eigenvalue weighted by atomic mass is 10.4. The van der Waals surface area contributed by atoms with Gasteiger partial charge in [0.05, 0.1) is 16.1 Å². The van der Waals surface area contributed by atoms with E-state index in [2.05, 4.69) is 173 Å². The molecule has 0 saturated heterocycles. The van der Waals surface area contributed by atoms with Crippen LogP contribution < -0.4 is 21.2 Å². The SMILES string of the molecule is C[Si](C)(C)/C(=C/C=C(/P(c1ccccc1)c1ccccc1)[Si](C)(C)C)P(c1ccccc1)c1ccccc1. The molecule has 0 nitrogen and oxygen atoms in total. The average molecular weight is 567 g/mol. The van der Waals surface area contributed by atoms with Gasteiger partial charge >= 0.3 is 0 Å². The summed E-state index contributed by atoms with van der Waals surface area (Å²) in [6.45, 7) is 15.1. The maximum absolute atomic E-state index is 2.58. The Hall–Kier alpha value is -2.35. The number of rotatable bonds is 9. The van der Waals surface area contributed by atoms with E-state index in [1.54, 1.807) is 9.87 Å². The zero-order valence-corrected chi connectivity index (χ0v) is 27.4. The normalized spacial score (nSPS) is 13.3. The van der Waals surface area contributed by atoms with Crippen LogP contribution in [0.25, 0.3) is 0 Å². The van der Waals surface area contributed by atoms with E-state index in [-0.39, 0.29) is 0 Å². The molecular formula is C34H40P2Si2. The van der Waals surface area contributed by atoms with E-state index in [1.165, 1.54) is 21.2 Å². The van der Waals surface area contributed by atoms with Crippen LogP contribution in [0.15, 0.2) is 143 Å². The summed E-state index contributed by atoms with van der Waals surface area (Å²) in [4.78, 5) is 3.30. The van der Waals surface area contributed by atoms with Crippen LogP contribution in [0.1, 0.15) is 0 Å². The summed E-state index contributed by atoms with van der Waals surface area (Å²) in [5, 5.41) is 5.77. The third-order valence-corrected chi connectivity index (χ3v) is 19.8. The first-order valence-electron chi connectivity index (χ1n) is 13.4. The second-order valence-electron chi connectivity index (χ2n) is 11.6. The van der Waals surface area contributed by atoms with E-state index in [1.807, 2.05) is 0 Å². The molecule has 4 aromatic carbocycles. The summed E-state index contributed by atoms with van der Waals surface area (Å²) in [5.74, 6) is 0. The molecule has 194 valence electrons. The van der Waals surface area contributed by atoms with Crippen molar-refractivity contribution in [2.45, 2.75) is 39.3 Å². The lowest BCUT2D eigenvalue weighted by Gasteiger charge is -2.32. The molecule has 4 aromatic rings. The van der Waals surface area contributed by atoms with Gasteiger partial charge in [0, 0.05) is 0 Å². The quantitative estimate of drug-likeness (QED) is 0.108. The minimum Gasteiger partial charge on any atom is -0.0656 e. The van der Waals surface area contributed by atoms with Gasteiger partial charge in [0.25, 0.3) is 0 Å². The maximum Gasteiger partial charge on any atom is 0.0790 e. The van der Waals surface area contributed by atoms with Crippen molar-refractivity contribution in [3.63, 3.8) is 0 Å². The van der Waals surface area contributed by atoms with E-state index in [0.29, 0.717) is 0 Å². The third-order valence-electron chi connectivity index (χ3n) is 6.48. The molecule has 4 rings (SSSR count). The standard InChI is InChI=1S/C34H40P2Si2/c1-37(2,3)33(35(29-19-11-7-12-20-29)30-21-13-8-14-22-30)27-28-34(38(4,5)6)36(31-23-15-9-16-24-31)32-25-17-10-18-26-32/h7-28H,1-6H3/b33-27-,34-28+. The molecule has 0 unspecified atom stereocenters. The van der Waals surface area contributed by atoms with Crippen LogP contribution >= 0.6 is 15.8 Å². The Balaban J connectivity index is 1.95. The van der Waals surface area contributed by atoms with Gasteiger partial charge in [-0.1, -0.05) is 173 Å². The summed E-state index contributed by atoms with van der Waals surface area (Å²) in [5.41, 5.74) is 0. The van der Waals surface area contributed by atoms with E-state index in [0.717, 1.165) is 0 Å². The molecule has 0 aliphatic carbocycles. The predicted molar refractivity (Wildman–Crippen MR) is 181 cm³/mol. The van der Waals surface area contributed by atoms with Crippen molar-refractivity contribution in [2.24, 2.45) is 0 Å². The van der Waals surface area contributed by atoms with Crippen molar-refractivity contribution in [2.75, 3.05) is 0 Å². The molecular weight excluding hydrogens is 526 g/mol. The van der Waals surface area contributed by atoms with Crippen LogP contribution in [0, 0.1) is 0 Å². The van der Waals surface area contributed by atoms with Crippen LogP contribution in [0.2, 0.25) is 39.3 Å². The first kappa shape index (κ1) is 28.7. The molecule has 0 radical (unpaired) electrons. The fourth-order valence-corrected chi connectivity index (χ4v) is 16.8. The Morgan fingerprint density at radius 1 is 0.395 bits per heavy atom. The van der Waals surface area contributed by atoms with Gasteiger partial charge in [-0.3, -0.25) is 0 Å². The van der Waals surface area contributed by atoms with Gasteiger partial charge in [0.2, 0.25) is 0 Å². The molecule has 0 saturated carbocycles. The summed E-state index contributed by atoms with van der Waals surface area (Å²) >= 11 is 0. The number of allylic oxidation sites excluding steroid dienone is 2. The molecule has 0 spiro atoms. The van der Waals surface area contributed by atoms with Crippen molar-refractivity contribution in [3.05, 3.63) is 143 Å². The number of hydrogen-bond acceptors (Lipinski definition) is 0. The lowest BCUT2D eigenvalue weighted by molar-refractivity contribution is 1.68. The minimum atomic E-state index is -1.67. The second-order valence-corrected chi connectivity index (χ2v) is 26.9. The van der Waals surface area contributed by atoms with Gasteiger partial charge in [-0.25, -0.2) is 0 Å². The fraction of sp³-hybridized carbons (Fsp3) is 0.176. The van der Waals surface area contributed by atoms with Gasteiger partial charge < -0.3 is 0 Å². The van der Waals surface area contributed by atoms with Crippen LogP contribution in [-0.4, -0.2) is 16.1 Å². The van der Waals surface area contributed by atoms with Gasteiger partial charge in [-0.15, -0.1) is 0 Å². The number of hydrogen-bond donors (Lipinski definition) is 0. The molecule has 0 aliphatic rings. The highest BCUT2D eigenvalue weighted by atomic mass is 31.1. The Morgan fingerprint density at radius 2 is 0.605 bits per heavy atom. The van der Waals surface area contributed by atoms with Crippen molar-refractivity contribution in [3.8, 4) is 0 Å². The second kappa shape index (κ2) is 12.7. The highest BCUT2D eigenvalue weighted by molar-refractivity contribution is 7.80. The van der Waals surface area contributed by atoms with Crippen LogP contribution in [0.3, 0.4) is 0 Å². The van der Waals surface area contributed by atoms with Gasteiger partial charge in [0.15, 0.2) is 0 Å². The van der Waals surface area contributed by atoms with Crippen molar-refractivity contribution < 1.29 is 0 Å². The monoisotopic (exact) mass is 566 g/mol. The summed E-state index contributed by atoms with van der Waals surface area (Å²) in [6.07, 6.45) is 5.15. The molecule has 0 bridgehead atoms. The van der Waals surface area contributed by atoms with Gasteiger partial charge in [-0.2, -0.15) is 0 Å². The Morgan fingerprint density at radius 3 is 0.789 bits per heavy atom. The number of benzene rings is 4. The zero-order chi connectivity index (χ0) is 27.2. The van der Waals surface area contributed by atoms with E-state index >= 15 is 0 Å². The van der Waals surface area contributed by atoms with E-state index in [9.17, 15) is 0 Å². The molecule has 0 amide bonds. The molecule has 0 aliphatic heterocycles. The van der Waals surface area contributed by atoms with Crippen LogP contribution in [0.5, 0.6) is 0 Å². The Kier molecular flexibility index (Phi) is 9.56. The molecule has 0 atom stereocenters. The highest BCUT2D eigenvalue weighted by Crippen LogP contribution is 2.50. The zero-order valence-electron chi connectivity index (χ0n) is 23.6. The minimum absolute atomic E-state index is 0.596. The fourth-order valence-electron chi connectivity index (χ4n) is 4.64. The van der Waals surface area contributed by atoms with E-state index < -0.39 is 32.0 Å². The van der Waals surface area contributed by atoms with Crippen LogP contribution in [-0.2, 0) is 0 Å². The van der Waals surface area contributed by atoms with Crippen LogP contribution in [0.4, 0.5) is 0 Å². The van der Waals surface area contributed by atoms with E-state index in [4.69, 9.17) is 0 Å². The molecule has 0 fully saturated rings. The molecule has 38 heavy (non-hydrogen) atoms. The molecule has 0 heterocycles. The molecule has 4 heteroatoms. The summed E-state index contributed by atoms with van der Waals surface area (Å²) in [6, 6.07) is 44.8. The topological polar surface area (TPSA) is 0 Å². The highest BCUT2D eigenvalue weighted by Gasteiger charge is 2.31. The first-order chi connectivity index (χ1) is 18.2. The predicted octanol–water partition coefficient (Wildman–Crippen LogP) is 8.77. The first-order valence-corrected chi connectivity index (χ1v) is 23.1. The van der Waals surface area contributed by atoms with Crippen molar-refractivity contribution in [1.29, 1.82) is 0 Å². The van der Waals surface area contributed by atoms with Crippen molar-refractivity contribution in [1.82, 2.24) is 0 Å². The summed E-state index contributed by atoms with van der Waals surface area (Å²) < 4.78 is 0. The Bertz CT molecular complexity index is 1160. The van der Waals surface area contributed by atoms with Gasteiger partial charge in [-0.05, 0) is 46.9 Å². The largest absolute Gasteiger partial charge is 0.0790 e. The summed E-state index contributed by atoms with van der Waals surface area (Å²) in [7, 11) is -4.52. The molecule has 0 N–H and O–H groups in total. The smallest absolute Gasteiger partial charge is 0.0656 e. The average Bonchev–Trinajstić information content (AvgIpc) is 2.91. The third kappa shape index (κ3) is 7.19. The molecule has 0 aromatic heterocycles. The van der Waals surface area contributed by atoms with Crippen molar-refractivity contribution >= 4 is 53.2 Å². The Labute approximate surface area is 235 Å². The maximum atomic E-state index is 2.58. The lowest BCUT2D eigenvalue weighted by Crippen LogP contribution is -2.30. The van der Waals surface area contributed by atoms with Gasteiger partial charge in [0.1, 0.15) is 0 Å².